The topological polar surface area (TPSA) is 0 Å². The van der Waals surface area contributed by atoms with E-state index in [1.54, 1.807) is 23.3 Å². The van der Waals surface area contributed by atoms with Gasteiger partial charge >= 0.3 is 0 Å². The summed E-state index contributed by atoms with van der Waals surface area (Å²) in [4.78, 5) is 0. The van der Waals surface area contributed by atoms with Gasteiger partial charge in [-0.15, -0.1) is 0 Å². The van der Waals surface area contributed by atoms with E-state index in [9.17, 15) is 0 Å². The molecule has 0 saturated carbocycles. The monoisotopic (exact) mass is 286 g/mol. The lowest BCUT2D eigenvalue weighted by molar-refractivity contribution is 0.603. The standard InChI is InChI=1S/C15H22.C4H6.C2H6/c1-5-12-9-14-11(4)7-13(6-2)15(14)8-10(12)3;1-3-4-2;1-2/h8-9,11,13H,5-7H2,1-4H3;3-4H,1-2H2;1-2H3. The summed E-state index contributed by atoms with van der Waals surface area (Å²) in [7, 11) is 0. The zero-order valence-electron chi connectivity index (χ0n) is 15.0. The normalized spacial score (nSPS) is 18.6. The molecular formula is C21H34. The smallest absolute Gasteiger partial charge is 0.0156 e. The summed E-state index contributed by atoms with van der Waals surface area (Å²) in [5.74, 6) is 1.59. The summed E-state index contributed by atoms with van der Waals surface area (Å²) >= 11 is 0. The minimum atomic E-state index is 0.774. The van der Waals surface area contributed by atoms with Gasteiger partial charge < -0.3 is 0 Å². The Morgan fingerprint density at radius 1 is 1.10 bits per heavy atom. The van der Waals surface area contributed by atoms with Crippen LogP contribution in [0.4, 0.5) is 0 Å². The second-order valence-electron chi connectivity index (χ2n) is 5.47. The SMILES string of the molecule is C=CC=C.CC.CCc1cc2c(cc1C)C(CC)CC2C. The Labute approximate surface area is 133 Å². The fourth-order valence-corrected chi connectivity index (χ4v) is 3.02. The first kappa shape index (κ1) is 19.7. The summed E-state index contributed by atoms with van der Waals surface area (Å²) in [5, 5.41) is 0. The van der Waals surface area contributed by atoms with Crippen molar-refractivity contribution in [2.45, 2.75) is 72.6 Å². The molecule has 21 heavy (non-hydrogen) atoms. The summed E-state index contributed by atoms with van der Waals surface area (Å²) < 4.78 is 0. The van der Waals surface area contributed by atoms with Gasteiger partial charge in [0.25, 0.3) is 0 Å². The van der Waals surface area contributed by atoms with Gasteiger partial charge in [-0.25, -0.2) is 0 Å². The fraction of sp³-hybridized carbons (Fsp3) is 0.524. The molecule has 0 fully saturated rings. The number of allylic oxidation sites excluding steroid dienone is 2. The van der Waals surface area contributed by atoms with Gasteiger partial charge in [0.2, 0.25) is 0 Å². The predicted molar refractivity (Wildman–Crippen MR) is 98.4 cm³/mol. The molecule has 0 N–H and O–H groups in total. The van der Waals surface area contributed by atoms with Crippen molar-refractivity contribution >= 4 is 0 Å². The second kappa shape index (κ2) is 10.4. The number of benzene rings is 1. The molecule has 118 valence electrons. The molecule has 0 nitrogen and oxygen atoms in total. The van der Waals surface area contributed by atoms with E-state index in [-0.39, 0.29) is 0 Å². The van der Waals surface area contributed by atoms with Gasteiger partial charge in [0.15, 0.2) is 0 Å². The fourth-order valence-electron chi connectivity index (χ4n) is 3.02. The minimum Gasteiger partial charge on any atom is -0.0991 e. The van der Waals surface area contributed by atoms with Gasteiger partial charge in [-0.05, 0) is 60.3 Å². The van der Waals surface area contributed by atoms with Crippen LogP contribution in [-0.2, 0) is 6.42 Å². The summed E-state index contributed by atoms with van der Waals surface area (Å²) in [6.45, 7) is 19.9. The molecular weight excluding hydrogens is 252 g/mol. The van der Waals surface area contributed by atoms with Crippen LogP contribution in [0.5, 0.6) is 0 Å². The molecule has 0 heteroatoms. The van der Waals surface area contributed by atoms with Gasteiger partial charge in [0, 0.05) is 0 Å². The van der Waals surface area contributed by atoms with Crippen LogP contribution in [0.2, 0.25) is 0 Å². The average molecular weight is 287 g/mol. The first-order valence-corrected chi connectivity index (χ1v) is 8.45. The van der Waals surface area contributed by atoms with Crippen molar-refractivity contribution in [2.24, 2.45) is 0 Å². The Balaban J connectivity index is 0.000000579. The maximum Gasteiger partial charge on any atom is -0.0156 e. The lowest BCUT2D eigenvalue weighted by Crippen LogP contribution is -1.95. The Kier molecular flexibility index (Phi) is 9.78. The summed E-state index contributed by atoms with van der Waals surface area (Å²) in [6.07, 6.45) is 7.10. The van der Waals surface area contributed by atoms with Crippen LogP contribution < -0.4 is 0 Å². The van der Waals surface area contributed by atoms with Crippen LogP contribution in [0.15, 0.2) is 37.4 Å². The third-order valence-corrected chi connectivity index (χ3v) is 4.19. The van der Waals surface area contributed by atoms with Crippen molar-refractivity contribution in [3.05, 3.63) is 59.7 Å². The largest absolute Gasteiger partial charge is 0.0991 e. The third-order valence-electron chi connectivity index (χ3n) is 4.19. The van der Waals surface area contributed by atoms with E-state index in [1.165, 1.54) is 30.4 Å². The number of rotatable bonds is 3. The number of hydrogen-bond acceptors (Lipinski definition) is 0. The Morgan fingerprint density at radius 2 is 1.67 bits per heavy atom. The molecule has 0 spiro atoms. The number of hydrogen-bond donors (Lipinski definition) is 0. The van der Waals surface area contributed by atoms with Crippen molar-refractivity contribution in [3.8, 4) is 0 Å². The van der Waals surface area contributed by atoms with E-state index in [4.69, 9.17) is 0 Å². The van der Waals surface area contributed by atoms with E-state index in [0.29, 0.717) is 0 Å². The first-order valence-electron chi connectivity index (χ1n) is 8.45. The molecule has 0 radical (unpaired) electrons. The van der Waals surface area contributed by atoms with Gasteiger partial charge in [0.1, 0.15) is 0 Å². The van der Waals surface area contributed by atoms with Crippen molar-refractivity contribution < 1.29 is 0 Å². The maximum atomic E-state index is 3.36. The Bertz CT molecular complexity index is 434. The van der Waals surface area contributed by atoms with Gasteiger partial charge in [-0.1, -0.05) is 72.1 Å². The van der Waals surface area contributed by atoms with Gasteiger partial charge in [-0.3, -0.25) is 0 Å². The van der Waals surface area contributed by atoms with E-state index >= 15 is 0 Å². The lowest BCUT2D eigenvalue weighted by atomic mass is 9.94. The van der Waals surface area contributed by atoms with Crippen molar-refractivity contribution in [2.75, 3.05) is 0 Å². The van der Waals surface area contributed by atoms with Crippen molar-refractivity contribution in [1.29, 1.82) is 0 Å². The van der Waals surface area contributed by atoms with E-state index in [1.807, 2.05) is 13.8 Å². The molecule has 0 bridgehead atoms. The predicted octanol–water partition coefficient (Wildman–Crippen LogP) is 6.94. The first-order chi connectivity index (χ1) is 10.1. The van der Waals surface area contributed by atoms with Crippen LogP contribution >= 0.6 is 0 Å². The molecule has 0 heterocycles. The van der Waals surface area contributed by atoms with Gasteiger partial charge in [-0.2, -0.15) is 0 Å². The number of fused-ring (bicyclic) bond motifs is 1. The molecule has 0 amide bonds. The quantitative estimate of drug-likeness (QED) is 0.528. The third kappa shape index (κ3) is 5.19. The molecule has 1 aromatic rings. The van der Waals surface area contributed by atoms with Crippen molar-refractivity contribution in [1.82, 2.24) is 0 Å². The molecule has 1 aliphatic carbocycles. The minimum absolute atomic E-state index is 0.774. The van der Waals surface area contributed by atoms with Crippen LogP contribution in [-0.4, -0.2) is 0 Å². The highest BCUT2D eigenvalue weighted by Crippen LogP contribution is 2.44. The van der Waals surface area contributed by atoms with Crippen molar-refractivity contribution in [3.63, 3.8) is 0 Å². The highest BCUT2D eigenvalue weighted by atomic mass is 14.3. The highest BCUT2D eigenvalue weighted by Gasteiger charge is 2.27. The molecule has 2 atom stereocenters. The van der Waals surface area contributed by atoms with Crippen LogP contribution in [0.25, 0.3) is 0 Å². The lowest BCUT2D eigenvalue weighted by Gasteiger charge is -2.12. The Hall–Kier alpha value is -1.30. The molecule has 0 aliphatic heterocycles. The van der Waals surface area contributed by atoms with Gasteiger partial charge in [0.05, 0.1) is 0 Å². The molecule has 1 aromatic carbocycles. The van der Waals surface area contributed by atoms with E-state index in [0.717, 1.165) is 11.8 Å². The van der Waals surface area contributed by atoms with Crippen LogP contribution in [0, 0.1) is 6.92 Å². The second-order valence-corrected chi connectivity index (χ2v) is 5.47. The average Bonchev–Trinajstić information content (AvgIpc) is 2.84. The maximum absolute atomic E-state index is 3.36. The molecule has 0 saturated heterocycles. The Morgan fingerprint density at radius 3 is 2.10 bits per heavy atom. The molecule has 2 rings (SSSR count). The number of aryl methyl sites for hydroxylation is 2. The zero-order chi connectivity index (χ0) is 16.4. The molecule has 2 unspecified atom stereocenters. The van der Waals surface area contributed by atoms with Crippen LogP contribution in [0.1, 0.15) is 81.5 Å². The zero-order valence-corrected chi connectivity index (χ0v) is 15.0. The molecule has 1 aliphatic rings. The molecule has 0 aromatic heterocycles. The van der Waals surface area contributed by atoms with E-state index < -0.39 is 0 Å². The summed E-state index contributed by atoms with van der Waals surface area (Å²) in [5.41, 5.74) is 6.30. The summed E-state index contributed by atoms with van der Waals surface area (Å²) in [6, 6.07) is 4.91. The highest BCUT2D eigenvalue weighted by molar-refractivity contribution is 5.44. The van der Waals surface area contributed by atoms with Crippen LogP contribution in [0.3, 0.4) is 0 Å². The van der Waals surface area contributed by atoms with E-state index in [2.05, 4.69) is 53.0 Å².